The third kappa shape index (κ3) is 4.81. The Hall–Kier alpha value is -0.120. The first-order valence-corrected chi connectivity index (χ1v) is 6.77. The van der Waals surface area contributed by atoms with E-state index >= 15 is 0 Å². The summed E-state index contributed by atoms with van der Waals surface area (Å²) < 4.78 is 5.56. The minimum absolute atomic E-state index is 0.326. The number of nitrogens with one attached hydrogen (secondary N) is 2. The fraction of sp³-hybridized carbons (Fsp3) is 1.00. The Bertz CT molecular complexity index is 175. The van der Waals surface area contributed by atoms with Crippen molar-refractivity contribution in [3.8, 4) is 0 Å². The Balaban J connectivity index is 2.35. The summed E-state index contributed by atoms with van der Waals surface area (Å²) in [7, 11) is 1.82. The van der Waals surface area contributed by atoms with Crippen LogP contribution < -0.4 is 10.6 Å². The molecule has 1 aliphatic rings. The van der Waals surface area contributed by atoms with E-state index in [1.54, 1.807) is 0 Å². The van der Waals surface area contributed by atoms with Crippen LogP contribution in [-0.4, -0.2) is 38.4 Å². The number of hydrogen-bond donors (Lipinski definition) is 2. The maximum absolute atomic E-state index is 5.56. The molecule has 0 radical (unpaired) electrons. The van der Waals surface area contributed by atoms with E-state index in [1.807, 2.05) is 7.11 Å². The van der Waals surface area contributed by atoms with E-state index in [2.05, 4.69) is 24.5 Å². The maximum atomic E-state index is 5.56. The van der Waals surface area contributed by atoms with Gasteiger partial charge in [0.15, 0.2) is 0 Å². The Morgan fingerprint density at radius 2 is 2.31 bits per heavy atom. The van der Waals surface area contributed by atoms with Crippen LogP contribution in [0, 0.1) is 0 Å². The van der Waals surface area contributed by atoms with Crippen molar-refractivity contribution in [3.05, 3.63) is 0 Å². The molecule has 0 saturated carbocycles. The van der Waals surface area contributed by atoms with E-state index in [-0.39, 0.29) is 0 Å². The molecule has 0 spiro atoms. The minimum atomic E-state index is 0.326. The molecule has 0 aromatic carbocycles. The molecule has 0 aromatic rings. The zero-order valence-electron chi connectivity index (χ0n) is 11.1. The average Bonchev–Trinajstić information content (AvgIpc) is 2.51. The Morgan fingerprint density at radius 1 is 1.50 bits per heavy atom. The molecule has 0 amide bonds. The van der Waals surface area contributed by atoms with Crippen LogP contribution in [0.3, 0.4) is 0 Å². The largest absolute Gasteiger partial charge is 0.379 e. The topological polar surface area (TPSA) is 33.3 Å². The molecule has 3 atom stereocenters. The van der Waals surface area contributed by atoms with Crippen molar-refractivity contribution < 1.29 is 4.74 Å². The predicted octanol–water partition coefficient (Wildman–Crippen LogP) is 1.92. The van der Waals surface area contributed by atoms with Gasteiger partial charge in [-0.3, -0.25) is 0 Å². The highest BCUT2D eigenvalue weighted by Gasteiger charge is 2.24. The predicted molar refractivity (Wildman–Crippen MR) is 68.8 cm³/mol. The van der Waals surface area contributed by atoms with Gasteiger partial charge in [-0.1, -0.05) is 19.8 Å². The first kappa shape index (κ1) is 13.9. The van der Waals surface area contributed by atoms with Crippen LogP contribution in [-0.2, 0) is 4.74 Å². The van der Waals surface area contributed by atoms with Gasteiger partial charge in [-0.2, -0.15) is 0 Å². The normalized spacial score (nSPS) is 28.7. The summed E-state index contributed by atoms with van der Waals surface area (Å²) in [6.45, 7) is 6.65. The fourth-order valence-electron chi connectivity index (χ4n) is 2.42. The van der Waals surface area contributed by atoms with Crippen LogP contribution >= 0.6 is 0 Å². The molecule has 1 aliphatic heterocycles. The SMILES string of the molecule is CCCCC(C)NC1CCCNCC1OC. The molecular formula is C13H28N2O. The van der Waals surface area contributed by atoms with Crippen LogP contribution in [0.15, 0.2) is 0 Å². The van der Waals surface area contributed by atoms with Crippen molar-refractivity contribution >= 4 is 0 Å². The number of ether oxygens (including phenoxy) is 1. The van der Waals surface area contributed by atoms with E-state index < -0.39 is 0 Å². The highest BCUT2D eigenvalue weighted by atomic mass is 16.5. The summed E-state index contributed by atoms with van der Waals surface area (Å²) in [5, 5.41) is 7.16. The van der Waals surface area contributed by atoms with Gasteiger partial charge in [0.1, 0.15) is 0 Å². The number of hydrogen-bond acceptors (Lipinski definition) is 3. The monoisotopic (exact) mass is 228 g/mol. The molecule has 1 rings (SSSR count). The minimum Gasteiger partial charge on any atom is -0.379 e. The van der Waals surface area contributed by atoms with Gasteiger partial charge in [-0.25, -0.2) is 0 Å². The van der Waals surface area contributed by atoms with E-state index in [0.717, 1.165) is 13.1 Å². The summed E-state index contributed by atoms with van der Waals surface area (Å²) in [5.41, 5.74) is 0. The second-order valence-electron chi connectivity index (χ2n) is 4.94. The molecule has 2 N–H and O–H groups in total. The van der Waals surface area contributed by atoms with Crippen LogP contribution in [0.1, 0.15) is 46.0 Å². The van der Waals surface area contributed by atoms with Gasteiger partial charge >= 0.3 is 0 Å². The molecule has 0 aliphatic carbocycles. The molecule has 3 nitrogen and oxygen atoms in total. The summed E-state index contributed by atoms with van der Waals surface area (Å²) in [5.74, 6) is 0. The molecule has 0 bridgehead atoms. The quantitative estimate of drug-likeness (QED) is 0.729. The zero-order chi connectivity index (χ0) is 11.8. The average molecular weight is 228 g/mol. The van der Waals surface area contributed by atoms with Gasteiger partial charge in [-0.05, 0) is 32.7 Å². The third-order valence-electron chi connectivity index (χ3n) is 3.46. The lowest BCUT2D eigenvalue weighted by Crippen LogP contribution is -2.47. The number of methoxy groups -OCH3 is 1. The molecule has 3 heteroatoms. The first-order chi connectivity index (χ1) is 7.77. The van der Waals surface area contributed by atoms with Crippen LogP contribution in [0.5, 0.6) is 0 Å². The summed E-state index contributed by atoms with van der Waals surface area (Å²) in [4.78, 5) is 0. The molecule has 16 heavy (non-hydrogen) atoms. The fourth-order valence-corrected chi connectivity index (χ4v) is 2.42. The summed E-state index contributed by atoms with van der Waals surface area (Å²) in [6, 6.07) is 1.13. The van der Waals surface area contributed by atoms with Crippen molar-refractivity contribution in [2.75, 3.05) is 20.2 Å². The lowest BCUT2D eigenvalue weighted by Gasteiger charge is -2.28. The lowest BCUT2D eigenvalue weighted by atomic mass is 10.0. The highest BCUT2D eigenvalue weighted by Crippen LogP contribution is 2.11. The highest BCUT2D eigenvalue weighted by molar-refractivity contribution is 4.84. The van der Waals surface area contributed by atoms with Gasteiger partial charge in [0.2, 0.25) is 0 Å². The van der Waals surface area contributed by atoms with Crippen LogP contribution in [0.25, 0.3) is 0 Å². The summed E-state index contributed by atoms with van der Waals surface area (Å²) >= 11 is 0. The van der Waals surface area contributed by atoms with Crippen molar-refractivity contribution in [2.45, 2.75) is 64.1 Å². The summed E-state index contributed by atoms with van der Waals surface area (Å²) in [6.07, 6.45) is 6.67. The maximum Gasteiger partial charge on any atom is 0.0848 e. The van der Waals surface area contributed by atoms with Crippen LogP contribution in [0.2, 0.25) is 0 Å². The first-order valence-electron chi connectivity index (χ1n) is 6.77. The van der Waals surface area contributed by atoms with Crippen molar-refractivity contribution in [1.29, 1.82) is 0 Å². The Kier molecular flexibility index (Phi) is 7.01. The van der Waals surface area contributed by atoms with Gasteiger partial charge in [0.05, 0.1) is 6.10 Å². The van der Waals surface area contributed by atoms with E-state index in [1.165, 1.54) is 32.1 Å². The second-order valence-corrected chi connectivity index (χ2v) is 4.94. The Labute approximate surface area is 100 Å². The molecule has 1 heterocycles. The molecule has 0 aromatic heterocycles. The van der Waals surface area contributed by atoms with Crippen LogP contribution in [0.4, 0.5) is 0 Å². The second kappa shape index (κ2) is 8.04. The lowest BCUT2D eigenvalue weighted by molar-refractivity contribution is 0.0677. The number of unbranched alkanes of at least 4 members (excludes halogenated alkanes) is 1. The molecule has 1 fully saturated rings. The number of rotatable bonds is 6. The van der Waals surface area contributed by atoms with E-state index in [0.29, 0.717) is 18.2 Å². The molecular weight excluding hydrogens is 200 g/mol. The zero-order valence-corrected chi connectivity index (χ0v) is 11.1. The van der Waals surface area contributed by atoms with Gasteiger partial charge in [0, 0.05) is 25.7 Å². The van der Waals surface area contributed by atoms with Gasteiger partial charge < -0.3 is 15.4 Å². The van der Waals surface area contributed by atoms with Gasteiger partial charge in [0.25, 0.3) is 0 Å². The molecule has 1 saturated heterocycles. The molecule has 3 unspecified atom stereocenters. The van der Waals surface area contributed by atoms with Crippen molar-refractivity contribution in [1.82, 2.24) is 10.6 Å². The smallest absolute Gasteiger partial charge is 0.0848 e. The van der Waals surface area contributed by atoms with Crippen molar-refractivity contribution in [2.24, 2.45) is 0 Å². The van der Waals surface area contributed by atoms with E-state index in [9.17, 15) is 0 Å². The van der Waals surface area contributed by atoms with Crippen molar-refractivity contribution in [3.63, 3.8) is 0 Å². The Morgan fingerprint density at radius 3 is 3.00 bits per heavy atom. The standard InChI is InChI=1S/C13H28N2O/c1-4-5-7-11(2)15-12-8-6-9-14-10-13(12)16-3/h11-15H,4-10H2,1-3H3. The van der Waals surface area contributed by atoms with Gasteiger partial charge in [-0.15, -0.1) is 0 Å². The van der Waals surface area contributed by atoms with E-state index in [4.69, 9.17) is 4.74 Å². The third-order valence-corrected chi connectivity index (χ3v) is 3.46. The molecule has 96 valence electrons.